The van der Waals surface area contributed by atoms with Crippen molar-refractivity contribution in [1.82, 2.24) is 5.32 Å². The van der Waals surface area contributed by atoms with Gasteiger partial charge in [0.2, 0.25) is 5.91 Å². The highest BCUT2D eigenvalue weighted by molar-refractivity contribution is 5.78. The van der Waals surface area contributed by atoms with Gasteiger partial charge in [0.05, 0.1) is 19.6 Å². The molecule has 1 aromatic carbocycles. The zero-order chi connectivity index (χ0) is 13.9. The molecule has 0 aliphatic rings. The Hall–Kier alpha value is -1.46. The number of benzene rings is 1. The number of rotatable bonds is 9. The number of methoxy groups -OCH3 is 1. The van der Waals surface area contributed by atoms with Crippen LogP contribution < -0.4 is 5.32 Å². The molecule has 1 amide bonds. The smallest absolute Gasteiger partial charge is 0.224 e. The van der Waals surface area contributed by atoms with Crippen LogP contribution in [0.15, 0.2) is 24.3 Å². The first kappa shape index (κ1) is 15.6. The first-order valence-corrected chi connectivity index (χ1v) is 6.30. The molecule has 0 saturated carbocycles. The number of hydrogen-bond donors (Lipinski definition) is 1. The van der Waals surface area contributed by atoms with Crippen LogP contribution in [-0.4, -0.2) is 39.4 Å². The van der Waals surface area contributed by atoms with Crippen molar-refractivity contribution in [3.05, 3.63) is 35.6 Å². The van der Waals surface area contributed by atoms with Gasteiger partial charge in [-0.3, -0.25) is 4.79 Å². The van der Waals surface area contributed by atoms with E-state index in [1.165, 1.54) is 12.1 Å². The lowest BCUT2D eigenvalue weighted by Gasteiger charge is -2.06. The Kier molecular flexibility index (Phi) is 7.77. The molecule has 0 heterocycles. The van der Waals surface area contributed by atoms with Crippen LogP contribution in [0.25, 0.3) is 0 Å². The zero-order valence-electron chi connectivity index (χ0n) is 11.2. The molecule has 19 heavy (non-hydrogen) atoms. The number of nitrogens with one attached hydrogen (secondary N) is 1. The second kappa shape index (κ2) is 9.47. The van der Waals surface area contributed by atoms with Gasteiger partial charge in [0.25, 0.3) is 0 Å². The van der Waals surface area contributed by atoms with Crippen LogP contribution in [0, 0.1) is 5.82 Å². The van der Waals surface area contributed by atoms with Gasteiger partial charge in [-0.15, -0.1) is 0 Å². The third kappa shape index (κ3) is 7.54. The molecule has 1 N–H and O–H groups in total. The zero-order valence-corrected chi connectivity index (χ0v) is 11.2. The van der Waals surface area contributed by atoms with Crippen LogP contribution >= 0.6 is 0 Å². The quantitative estimate of drug-likeness (QED) is 0.692. The topological polar surface area (TPSA) is 47.6 Å². The fraction of sp³-hybridized carbons (Fsp3) is 0.500. The third-order valence-electron chi connectivity index (χ3n) is 2.47. The number of hydrogen-bond acceptors (Lipinski definition) is 3. The highest BCUT2D eigenvalue weighted by Gasteiger charge is 2.03. The van der Waals surface area contributed by atoms with Gasteiger partial charge in [-0.25, -0.2) is 4.39 Å². The van der Waals surface area contributed by atoms with Crippen molar-refractivity contribution in [3.63, 3.8) is 0 Å². The molecule has 0 unspecified atom stereocenters. The fourth-order valence-corrected chi connectivity index (χ4v) is 1.54. The molecule has 5 heteroatoms. The molecule has 0 spiro atoms. The van der Waals surface area contributed by atoms with Crippen molar-refractivity contribution in [2.45, 2.75) is 12.8 Å². The second-order valence-electron chi connectivity index (χ2n) is 4.12. The van der Waals surface area contributed by atoms with Crippen molar-refractivity contribution in [2.75, 3.05) is 33.5 Å². The Morgan fingerprint density at radius 3 is 2.89 bits per heavy atom. The van der Waals surface area contributed by atoms with E-state index in [4.69, 9.17) is 9.47 Å². The molecule has 0 saturated heterocycles. The van der Waals surface area contributed by atoms with Gasteiger partial charge in [0.1, 0.15) is 5.82 Å². The van der Waals surface area contributed by atoms with Crippen LogP contribution in [0.2, 0.25) is 0 Å². The lowest BCUT2D eigenvalue weighted by atomic mass is 10.1. The maximum Gasteiger partial charge on any atom is 0.224 e. The fourth-order valence-electron chi connectivity index (χ4n) is 1.54. The van der Waals surface area contributed by atoms with Crippen molar-refractivity contribution < 1.29 is 18.7 Å². The van der Waals surface area contributed by atoms with E-state index in [-0.39, 0.29) is 18.1 Å². The molecule has 0 bridgehead atoms. The molecule has 0 atom stereocenters. The molecular formula is C14H20FNO3. The van der Waals surface area contributed by atoms with Gasteiger partial charge in [0.15, 0.2) is 0 Å². The Morgan fingerprint density at radius 1 is 1.32 bits per heavy atom. The van der Waals surface area contributed by atoms with Gasteiger partial charge >= 0.3 is 0 Å². The summed E-state index contributed by atoms with van der Waals surface area (Å²) in [6.07, 6.45) is 0.945. The molecule has 0 fully saturated rings. The molecular weight excluding hydrogens is 249 g/mol. The summed E-state index contributed by atoms with van der Waals surface area (Å²) in [5.74, 6) is -0.431. The average molecular weight is 269 g/mol. The summed E-state index contributed by atoms with van der Waals surface area (Å²) in [5, 5.41) is 2.77. The molecule has 1 aromatic rings. The van der Waals surface area contributed by atoms with Gasteiger partial charge in [-0.05, 0) is 24.1 Å². The number of ether oxygens (including phenoxy) is 2. The highest BCUT2D eigenvalue weighted by atomic mass is 19.1. The van der Waals surface area contributed by atoms with E-state index < -0.39 is 0 Å². The Balaban J connectivity index is 2.08. The highest BCUT2D eigenvalue weighted by Crippen LogP contribution is 2.03. The van der Waals surface area contributed by atoms with Crippen LogP contribution in [-0.2, 0) is 20.7 Å². The summed E-state index contributed by atoms with van der Waals surface area (Å²) in [6, 6.07) is 6.06. The lowest BCUT2D eigenvalue weighted by molar-refractivity contribution is -0.120. The van der Waals surface area contributed by atoms with E-state index in [1.807, 2.05) is 0 Å². The average Bonchev–Trinajstić information content (AvgIpc) is 2.37. The largest absolute Gasteiger partial charge is 0.382 e. The van der Waals surface area contributed by atoms with E-state index >= 15 is 0 Å². The molecule has 1 rings (SSSR count). The summed E-state index contributed by atoms with van der Waals surface area (Å²) in [6.45, 7) is 2.28. The summed E-state index contributed by atoms with van der Waals surface area (Å²) >= 11 is 0. The SMILES string of the molecule is COCCOCCCNC(=O)Cc1cccc(F)c1. The van der Waals surface area contributed by atoms with E-state index in [9.17, 15) is 9.18 Å². The molecule has 0 aliphatic carbocycles. The van der Waals surface area contributed by atoms with Crippen molar-refractivity contribution >= 4 is 5.91 Å². The number of carbonyl (C=O) groups is 1. The Bertz CT molecular complexity index is 385. The standard InChI is InChI=1S/C14H20FNO3/c1-18-8-9-19-7-3-6-16-14(17)11-12-4-2-5-13(15)10-12/h2,4-5,10H,3,6-9,11H2,1H3,(H,16,17). The van der Waals surface area contributed by atoms with Crippen LogP contribution in [0.1, 0.15) is 12.0 Å². The maximum absolute atomic E-state index is 12.9. The molecule has 0 aliphatic heterocycles. The minimum atomic E-state index is -0.322. The summed E-state index contributed by atoms with van der Waals surface area (Å²) < 4.78 is 23.0. The predicted molar refractivity (Wildman–Crippen MR) is 70.4 cm³/mol. The predicted octanol–water partition coefficient (Wildman–Crippen LogP) is 1.54. The molecule has 106 valence electrons. The van der Waals surface area contributed by atoms with Crippen molar-refractivity contribution in [1.29, 1.82) is 0 Å². The van der Waals surface area contributed by atoms with E-state index in [0.29, 0.717) is 31.9 Å². The van der Waals surface area contributed by atoms with Gasteiger partial charge < -0.3 is 14.8 Å². The monoisotopic (exact) mass is 269 g/mol. The van der Waals surface area contributed by atoms with Crippen LogP contribution in [0.5, 0.6) is 0 Å². The van der Waals surface area contributed by atoms with E-state index in [1.54, 1.807) is 19.2 Å². The molecule has 0 aromatic heterocycles. The Morgan fingerprint density at radius 2 is 2.16 bits per heavy atom. The van der Waals surface area contributed by atoms with Crippen molar-refractivity contribution in [3.8, 4) is 0 Å². The normalized spacial score (nSPS) is 10.4. The minimum Gasteiger partial charge on any atom is -0.382 e. The number of amides is 1. The van der Waals surface area contributed by atoms with E-state index in [2.05, 4.69) is 5.32 Å². The first-order chi connectivity index (χ1) is 9.22. The van der Waals surface area contributed by atoms with E-state index in [0.717, 1.165) is 6.42 Å². The van der Waals surface area contributed by atoms with Crippen LogP contribution in [0.4, 0.5) is 4.39 Å². The van der Waals surface area contributed by atoms with Gasteiger partial charge in [-0.2, -0.15) is 0 Å². The Labute approximate surface area is 112 Å². The number of halogens is 1. The lowest BCUT2D eigenvalue weighted by Crippen LogP contribution is -2.27. The molecule has 0 radical (unpaired) electrons. The van der Waals surface area contributed by atoms with Crippen molar-refractivity contribution in [2.24, 2.45) is 0 Å². The van der Waals surface area contributed by atoms with Gasteiger partial charge in [0, 0.05) is 20.3 Å². The number of carbonyl (C=O) groups excluding carboxylic acids is 1. The summed E-state index contributed by atoms with van der Waals surface area (Å²) in [4.78, 5) is 11.6. The second-order valence-corrected chi connectivity index (χ2v) is 4.12. The maximum atomic E-state index is 12.9. The summed E-state index contributed by atoms with van der Waals surface area (Å²) in [7, 11) is 1.62. The molecule has 4 nitrogen and oxygen atoms in total. The third-order valence-corrected chi connectivity index (χ3v) is 2.47. The minimum absolute atomic E-state index is 0.109. The summed E-state index contributed by atoms with van der Waals surface area (Å²) in [5.41, 5.74) is 0.675. The first-order valence-electron chi connectivity index (χ1n) is 6.30. The van der Waals surface area contributed by atoms with Crippen LogP contribution in [0.3, 0.4) is 0 Å². The van der Waals surface area contributed by atoms with Gasteiger partial charge in [-0.1, -0.05) is 12.1 Å².